The van der Waals surface area contributed by atoms with Crippen molar-refractivity contribution in [1.82, 2.24) is 4.31 Å². The highest BCUT2D eigenvalue weighted by Crippen LogP contribution is 2.27. The van der Waals surface area contributed by atoms with E-state index in [0.29, 0.717) is 0 Å². The van der Waals surface area contributed by atoms with Gasteiger partial charge < -0.3 is 5.32 Å². The van der Waals surface area contributed by atoms with Crippen LogP contribution in [0.4, 0.5) is 5.69 Å². The summed E-state index contributed by atoms with van der Waals surface area (Å²) < 4.78 is 26.7. The zero-order chi connectivity index (χ0) is 18.6. The fraction of sp³-hybridized carbons (Fsp3) is 0.611. The first-order chi connectivity index (χ1) is 11.7. The molecule has 25 heavy (non-hydrogen) atoms. The van der Waals surface area contributed by atoms with E-state index in [1.807, 2.05) is 26.0 Å². The van der Waals surface area contributed by atoms with Crippen molar-refractivity contribution in [2.75, 3.05) is 18.1 Å². The molecule has 140 valence electrons. The van der Waals surface area contributed by atoms with Crippen LogP contribution in [0.3, 0.4) is 0 Å². The minimum absolute atomic E-state index is 0.0637. The molecule has 0 saturated heterocycles. The molecule has 0 unspecified atom stereocenters. The molecule has 1 aromatic rings. The highest BCUT2D eigenvalue weighted by atomic mass is 79.9. The van der Waals surface area contributed by atoms with Gasteiger partial charge in [0.15, 0.2) is 0 Å². The summed E-state index contributed by atoms with van der Waals surface area (Å²) in [5.74, 6) is -0.281. The maximum Gasteiger partial charge on any atom is 0.239 e. The van der Waals surface area contributed by atoms with Crippen LogP contribution in [-0.4, -0.2) is 37.5 Å². The molecule has 0 bridgehead atoms. The first-order valence-corrected chi connectivity index (χ1v) is 11.4. The van der Waals surface area contributed by atoms with Crippen LogP contribution in [0.1, 0.15) is 50.2 Å². The zero-order valence-corrected chi connectivity index (χ0v) is 17.5. The van der Waals surface area contributed by atoms with Crippen LogP contribution in [0.5, 0.6) is 0 Å². The number of aryl methyl sites for hydroxylation is 2. The molecule has 1 amide bonds. The number of carbonyl (C=O) groups is 1. The van der Waals surface area contributed by atoms with Crippen LogP contribution in [-0.2, 0) is 21.2 Å². The molecular weight excluding hydrogens is 404 g/mol. The number of hydrogen-bond acceptors (Lipinski definition) is 3. The predicted molar refractivity (Wildman–Crippen MR) is 105 cm³/mol. The highest BCUT2D eigenvalue weighted by molar-refractivity contribution is 9.10. The molecule has 1 N–H and O–H groups in total. The SMILES string of the molecule is CCc1cc(Br)cc(C)c1NC(=O)CN(C1CCCCC1)S(C)(=O)=O. The lowest BCUT2D eigenvalue weighted by atomic mass is 9.95. The van der Waals surface area contributed by atoms with Crippen molar-refractivity contribution in [2.45, 2.75) is 58.4 Å². The normalized spacial score (nSPS) is 16.2. The van der Waals surface area contributed by atoms with Gasteiger partial charge in [0, 0.05) is 16.2 Å². The summed E-state index contributed by atoms with van der Waals surface area (Å²) in [7, 11) is -3.42. The molecule has 0 heterocycles. The Morgan fingerprint density at radius 2 is 1.92 bits per heavy atom. The lowest BCUT2D eigenvalue weighted by Crippen LogP contribution is -2.45. The Morgan fingerprint density at radius 3 is 2.48 bits per heavy atom. The summed E-state index contributed by atoms with van der Waals surface area (Å²) in [6, 6.07) is 3.87. The predicted octanol–water partition coefficient (Wildman–Crippen LogP) is 3.85. The van der Waals surface area contributed by atoms with Gasteiger partial charge in [-0.1, -0.05) is 42.1 Å². The lowest BCUT2D eigenvalue weighted by molar-refractivity contribution is -0.116. The first-order valence-electron chi connectivity index (χ1n) is 8.78. The van der Waals surface area contributed by atoms with Crippen molar-refractivity contribution in [3.63, 3.8) is 0 Å². The van der Waals surface area contributed by atoms with E-state index in [1.165, 1.54) is 10.6 Å². The van der Waals surface area contributed by atoms with Crippen LogP contribution in [0.15, 0.2) is 16.6 Å². The van der Waals surface area contributed by atoms with E-state index < -0.39 is 10.0 Å². The molecule has 7 heteroatoms. The average Bonchev–Trinajstić information content (AvgIpc) is 2.54. The Hall–Kier alpha value is -0.920. The van der Waals surface area contributed by atoms with E-state index in [0.717, 1.165) is 59.8 Å². The second-order valence-electron chi connectivity index (χ2n) is 6.76. The fourth-order valence-corrected chi connectivity index (χ4v) is 5.20. The van der Waals surface area contributed by atoms with E-state index in [-0.39, 0.29) is 18.5 Å². The fourth-order valence-electron chi connectivity index (χ4n) is 3.48. The Labute approximate surface area is 159 Å². The van der Waals surface area contributed by atoms with Crippen molar-refractivity contribution in [3.05, 3.63) is 27.7 Å². The molecule has 1 aromatic carbocycles. The third kappa shape index (κ3) is 5.53. The number of halogens is 1. The van der Waals surface area contributed by atoms with Crippen molar-refractivity contribution < 1.29 is 13.2 Å². The minimum atomic E-state index is -3.42. The number of benzene rings is 1. The van der Waals surface area contributed by atoms with Gasteiger partial charge in [-0.3, -0.25) is 4.79 Å². The molecule has 0 spiro atoms. The van der Waals surface area contributed by atoms with Gasteiger partial charge in [-0.2, -0.15) is 4.31 Å². The van der Waals surface area contributed by atoms with Crippen LogP contribution in [0, 0.1) is 6.92 Å². The van der Waals surface area contributed by atoms with Crippen LogP contribution < -0.4 is 5.32 Å². The molecule has 0 atom stereocenters. The largest absolute Gasteiger partial charge is 0.324 e. The van der Waals surface area contributed by atoms with Gasteiger partial charge in [0.05, 0.1) is 12.8 Å². The number of hydrogen-bond donors (Lipinski definition) is 1. The van der Waals surface area contributed by atoms with Crippen molar-refractivity contribution in [3.8, 4) is 0 Å². The smallest absolute Gasteiger partial charge is 0.239 e. The number of carbonyl (C=O) groups excluding carboxylic acids is 1. The van der Waals surface area contributed by atoms with Crippen LogP contribution in [0.2, 0.25) is 0 Å². The number of nitrogens with zero attached hydrogens (tertiary/aromatic N) is 1. The van der Waals surface area contributed by atoms with E-state index in [2.05, 4.69) is 21.2 Å². The monoisotopic (exact) mass is 430 g/mol. The van der Waals surface area contributed by atoms with E-state index >= 15 is 0 Å². The Morgan fingerprint density at radius 1 is 1.28 bits per heavy atom. The Balaban J connectivity index is 2.17. The minimum Gasteiger partial charge on any atom is -0.324 e. The second kappa shape index (κ2) is 8.64. The molecule has 0 aromatic heterocycles. The summed E-state index contributed by atoms with van der Waals surface area (Å²) in [5, 5.41) is 2.93. The standard InChI is InChI=1S/C18H27BrN2O3S/c1-4-14-11-15(19)10-13(2)18(14)20-17(22)12-21(25(3,23)24)16-8-6-5-7-9-16/h10-11,16H,4-9,12H2,1-3H3,(H,20,22). The summed E-state index contributed by atoms with van der Waals surface area (Å²) in [6.45, 7) is 3.85. The van der Waals surface area contributed by atoms with E-state index in [1.54, 1.807) is 0 Å². The molecule has 0 radical (unpaired) electrons. The van der Waals surface area contributed by atoms with Gasteiger partial charge in [0.25, 0.3) is 0 Å². The van der Waals surface area contributed by atoms with Crippen molar-refractivity contribution >= 4 is 37.5 Å². The van der Waals surface area contributed by atoms with Crippen LogP contribution in [0.25, 0.3) is 0 Å². The van der Waals surface area contributed by atoms with Gasteiger partial charge in [0.1, 0.15) is 0 Å². The van der Waals surface area contributed by atoms with Crippen LogP contribution >= 0.6 is 15.9 Å². The third-order valence-corrected chi connectivity index (χ3v) is 6.47. The Kier molecular flexibility index (Phi) is 7.05. The van der Waals surface area contributed by atoms with Gasteiger partial charge >= 0.3 is 0 Å². The number of rotatable bonds is 6. The number of nitrogens with one attached hydrogen (secondary N) is 1. The number of sulfonamides is 1. The third-order valence-electron chi connectivity index (χ3n) is 4.73. The number of amides is 1. The Bertz CT molecular complexity index is 728. The molecule has 1 saturated carbocycles. The molecule has 2 rings (SSSR count). The maximum absolute atomic E-state index is 12.6. The van der Waals surface area contributed by atoms with E-state index in [4.69, 9.17) is 0 Å². The average molecular weight is 431 g/mol. The molecule has 1 aliphatic rings. The summed E-state index contributed by atoms with van der Waals surface area (Å²) in [5.41, 5.74) is 2.78. The van der Waals surface area contributed by atoms with Gasteiger partial charge in [-0.25, -0.2) is 8.42 Å². The second-order valence-corrected chi connectivity index (χ2v) is 9.61. The molecule has 1 aliphatic carbocycles. The quantitative estimate of drug-likeness (QED) is 0.744. The molecule has 5 nitrogen and oxygen atoms in total. The lowest BCUT2D eigenvalue weighted by Gasteiger charge is -2.32. The summed E-state index contributed by atoms with van der Waals surface area (Å²) in [6.07, 6.45) is 6.81. The van der Waals surface area contributed by atoms with Gasteiger partial charge in [0.2, 0.25) is 15.9 Å². The zero-order valence-electron chi connectivity index (χ0n) is 15.1. The summed E-state index contributed by atoms with van der Waals surface area (Å²) >= 11 is 3.47. The van der Waals surface area contributed by atoms with Gasteiger partial charge in [-0.05, 0) is 49.4 Å². The molecule has 0 aliphatic heterocycles. The topological polar surface area (TPSA) is 66.5 Å². The van der Waals surface area contributed by atoms with Gasteiger partial charge in [-0.15, -0.1) is 0 Å². The molecular formula is C18H27BrN2O3S. The maximum atomic E-state index is 12.6. The van der Waals surface area contributed by atoms with E-state index in [9.17, 15) is 13.2 Å². The number of anilines is 1. The van der Waals surface area contributed by atoms with Crippen molar-refractivity contribution in [2.24, 2.45) is 0 Å². The first kappa shape index (κ1) is 20.4. The molecule has 1 fully saturated rings. The summed E-state index contributed by atoms with van der Waals surface area (Å²) in [4.78, 5) is 12.6. The highest BCUT2D eigenvalue weighted by Gasteiger charge is 2.30. The van der Waals surface area contributed by atoms with Crippen molar-refractivity contribution in [1.29, 1.82) is 0 Å².